The van der Waals surface area contributed by atoms with E-state index in [0.29, 0.717) is 12.0 Å². The number of hydrogen-bond donors (Lipinski definition) is 10. The summed E-state index contributed by atoms with van der Waals surface area (Å²) in [5, 5.41) is 40.2. The third-order valence-electron chi connectivity index (χ3n) is 4.70. The van der Waals surface area contributed by atoms with Crippen molar-refractivity contribution in [2.75, 3.05) is 19.6 Å². The van der Waals surface area contributed by atoms with E-state index in [1.54, 1.807) is 12.1 Å². The molecule has 0 fully saturated rings. The predicted octanol–water partition coefficient (Wildman–Crippen LogP) is -1.62. The van der Waals surface area contributed by atoms with Crippen LogP contribution >= 0.6 is 0 Å². The number of halogens is 6. The zero-order chi connectivity index (χ0) is 36.3. The van der Waals surface area contributed by atoms with Crippen LogP contribution in [-0.4, -0.2) is 106 Å². The van der Waals surface area contributed by atoms with Crippen LogP contribution in [0.1, 0.15) is 18.4 Å². The molecule has 0 unspecified atom stereocenters. The molecule has 0 bridgehead atoms. The molecule has 260 valence electrons. The van der Waals surface area contributed by atoms with E-state index >= 15 is 0 Å². The van der Waals surface area contributed by atoms with Crippen molar-refractivity contribution in [1.29, 1.82) is 0 Å². The normalized spacial score (nSPS) is 11.9. The predicted molar refractivity (Wildman–Crippen MR) is 143 cm³/mol. The summed E-state index contributed by atoms with van der Waals surface area (Å²) < 4.78 is 63.5. The first kappa shape index (κ1) is 42.8. The Morgan fingerprint density at radius 3 is 1.67 bits per heavy atom. The van der Waals surface area contributed by atoms with Crippen LogP contribution in [0.5, 0.6) is 5.75 Å². The highest BCUT2D eigenvalue weighted by atomic mass is 19.4. The average molecular weight is 680 g/mol. The number of phenols is 1. The van der Waals surface area contributed by atoms with Crippen LogP contribution in [-0.2, 0) is 35.2 Å². The number of nitrogens with two attached hydrogens (primary N) is 3. The number of nitrogens with zero attached hydrogens (tertiary/aromatic N) is 1. The lowest BCUT2D eigenvalue weighted by molar-refractivity contribution is -0.193. The Morgan fingerprint density at radius 2 is 1.28 bits per heavy atom. The first-order valence-corrected chi connectivity index (χ1v) is 12.2. The van der Waals surface area contributed by atoms with Crippen LogP contribution in [0.25, 0.3) is 0 Å². The summed E-state index contributed by atoms with van der Waals surface area (Å²) >= 11 is 0. The van der Waals surface area contributed by atoms with Gasteiger partial charge < -0.3 is 53.6 Å². The van der Waals surface area contributed by atoms with Crippen LogP contribution < -0.4 is 33.2 Å². The lowest BCUT2D eigenvalue weighted by Crippen LogP contribution is -2.54. The number of carboxylic acids is 3. The van der Waals surface area contributed by atoms with E-state index in [4.69, 9.17) is 37.0 Å². The average Bonchev–Trinajstić information content (AvgIpc) is 2.93. The van der Waals surface area contributed by atoms with Gasteiger partial charge in [-0.1, -0.05) is 12.1 Å². The largest absolute Gasteiger partial charge is 0.508 e. The Kier molecular flexibility index (Phi) is 19.1. The molecule has 1 aromatic rings. The van der Waals surface area contributed by atoms with Gasteiger partial charge in [0.15, 0.2) is 5.96 Å². The van der Waals surface area contributed by atoms with Gasteiger partial charge in [0.2, 0.25) is 17.7 Å². The third kappa shape index (κ3) is 21.4. The fourth-order valence-electron chi connectivity index (χ4n) is 2.61. The lowest BCUT2D eigenvalue weighted by atomic mass is 10.0. The maximum atomic E-state index is 12.8. The maximum absolute atomic E-state index is 12.8. The van der Waals surface area contributed by atoms with Gasteiger partial charge in [-0.25, -0.2) is 14.4 Å². The van der Waals surface area contributed by atoms with Gasteiger partial charge in [-0.2, -0.15) is 26.3 Å². The van der Waals surface area contributed by atoms with E-state index in [1.165, 1.54) is 12.1 Å². The molecule has 0 radical (unpaired) electrons. The molecule has 0 saturated heterocycles. The van der Waals surface area contributed by atoms with E-state index in [0.717, 1.165) is 0 Å². The van der Waals surface area contributed by atoms with E-state index in [-0.39, 0.29) is 37.6 Å². The van der Waals surface area contributed by atoms with E-state index < -0.39 is 66.6 Å². The fraction of sp³-hybridized carbons (Fsp3) is 0.435. The van der Waals surface area contributed by atoms with E-state index in [9.17, 15) is 55.7 Å². The molecule has 2 atom stereocenters. The highest BCUT2D eigenvalue weighted by Gasteiger charge is 2.39. The Labute approximate surface area is 254 Å². The molecular weight excluding hydrogens is 648 g/mol. The molecule has 46 heavy (non-hydrogen) atoms. The Hall–Kier alpha value is -5.35. The molecule has 23 heteroatoms. The summed E-state index contributed by atoms with van der Waals surface area (Å²) in [7, 11) is 0. The number of carbonyl (C=O) groups is 6. The van der Waals surface area contributed by atoms with Gasteiger partial charge in [-0.05, 0) is 30.5 Å². The molecule has 0 aromatic heterocycles. The fourth-order valence-corrected chi connectivity index (χ4v) is 2.61. The van der Waals surface area contributed by atoms with Crippen LogP contribution in [0.15, 0.2) is 29.3 Å². The summed E-state index contributed by atoms with van der Waals surface area (Å²) in [5.41, 5.74) is 16.2. The lowest BCUT2D eigenvalue weighted by Gasteiger charge is -2.22. The first-order valence-electron chi connectivity index (χ1n) is 12.2. The van der Waals surface area contributed by atoms with Crippen molar-refractivity contribution < 1.29 is 75.5 Å². The quantitative estimate of drug-likeness (QED) is 0.0486. The smallest absolute Gasteiger partial charge is 0.490 e. The van der Waals surface area contributed by atoms with Crippen molar-refractivity contribution in [3.05, 3.63) is 29.8 Å². The molecule has 0 aliphatic carbocycles. The number of hydrogen-bond acceptors (Lipinski definition) is 9. The van der Waals surface area contributed by atoms with E-state index in [1.807, 2.05) is 0 Å². The number of carboxylic acid groups (broad SMARTS) is 3. The number of aliphatic carboxylic acids is 3. The molecule has 0 aliphatic heterocycles. The van der Waals surface area contributed by atoms with Crippen molar-refractivity contribution in [3.63, 3.8) is 0 Å². The SMILES string of the molecule is NCC(=O)NCC(=O)N[C@@H](Cc1ccc(O)cc1)C(=O)N[C@@H](CCCN=C(N)N)C(=O)O.O=C(O)C(F)(F)F.O=C(O)C(F)(F)F. The van der Waals surface area contributed by atoms with E-state index in [2.05, 4.69) is 20.9 Å². The minimum atomic E-state index is -5.08. The second-order valence-corrected chi connectivity index (χ2v) is 8.43. The number of amides is 3. The monoisotopic (exact) mass is 679 g/mol. The van der Waals surface area contributed by atoms with Gasteiger partial charge in [-0.3, -0.25) is 19.4 Å². The number of rotatable bonds is 13. The molecule has 3 amide bonds. The van der Waals surface area contributed by atoms with Gasteiger partial charge in [-0.15, -0.1) is 0 Å². The number of carbonyl (C=O) groups excluding carboxylic acids is 3. The van der Waals surface area contributed by atoms with Crippen molar-refractivity contribution in [3.8, 4) is 5.75 Å². The number of aromatic hydroxyl groups is 1. The summed E-state index contributed by atoms with van der Waals surface area (Å²) in [5.74, 6) is -8.81. The summed E-state index contributed by atoms with van der Waals surface area (Å²) in [4.78, 5) is 69.3. The van der Waals surface area contributed by atoms with Crippen molar-refractivity contribution in [2.45, 2.75) is 43.7 Å². The zero-order valence-electron chi connectivity index (χ0n) is 23.4. The molecule has 0 aliphatic rings. The number of alkyl halides is 6. The van der Waals surface area contributed by atoms with Crippen molar-refractivity contribution in [1.82, 2.24) is 16.0 Å². The number of aliphatic imine (C=N–C) groups is 1. The topological polar surface area (TPSA) is 310 Å². The second-order valence-electron chi connectivity index (χ2n) is 8.43. The molecule has 17 nitrogen and oxygen atoms in total. The Morgan fingerprint density at radius 1 is 0.804 bits per heavy atom. The van der Waals surface area contributed by atoms with Crippen molar-refractivity contribution in [2.24, 2.45) is 22.2 Å². The van der Waals surface area contributed by atoms with Gasteiger partial charge in [0.05, 0.1) is 13.1 Å². The summed E-state index contributed by atoms with van der Waals surface area (Å²) in [6, 6.07) is 3.58. The molecule has 0 saturated carbocycles. The van der Waals surface area contributed by atoms with Gasteiger partial charge >= 0.3 is 30.3 Å². The molecule has 0 heterocycles. The molecule has 13 N–H and O–H groups in total. The summed E-state index contributed by atoms with van der Waals surface area (Å²) in [6.45, 7) is -0.516. The molecular formula is C23H31F6N7O10. The number of nitrogens with one attached hydrogen (secondary N) is 3. The third-order valence-corrected chi connectivity index (χ3v) is 4.70. The number of guanidine groups is 1. The molecule has 1 aromatic carbocycles. The Balaban J connectivity index is 0. The standard InChI is InChI=1S/C19H29N7O6.2C2HF3O2/c20-9-15(28)24-10-16(29)25-14(8-11-3-5-12(27)6-4-11)17(30)26-13(18(31)32)2-1-7-23-19(21)22;2*3-2(4,5)1(6)7/h3-6,13-14,27H,1-2,7-10,20H2,(H,24,28)(H,25,29)(H,26,30)(H,31,32)(H4,21,22,23);2*(H,6,7)/t13-,14-;;/m0../s1. The minimum Gasteiger partial charge on any atom is -0.508 e. The molecule has 0 spiro atoms. The zero-order valence-corrected chi connectivity index (χ0v) is 23.4. The molecule has 1 rings (SSSR count). The minimum absolute atomic E-state index is 0.0169. The van der Waals surface area contributed by atoms with Gasteiger partial charge in [0, 0.05) is 13.0 Å². The van der Waals surface area contributed by atoms with Crippen LogP contribution in [0.3, 0.4) is 0 Å². The summed E-state index contributed by atoms with van der Waals surface area (Å²) in [6.07, 6.45) is -9.79. The van der Waals surface area contributed by atoms with Crippen LogP contribution in [0.4, 0.5) is 26.3 Å². The Bertz CT molecular complexity index is 1180. The highest BCUT2D eigenvalue weighted by Crippen LogP contribution is 2.14. The van der Waals surface area contributed by atoms with Crippen LogP contribution in [0.2, 0.25) is 0 Å². The maximum Gasteiger partial charge on any atom is 0.490 e. The number of phenolic OH excluding ortho intramolecular Hbond substituents is 1. The second kappa shape index (κ2) is 20.6. The van der Waals surface area contributed by atoms with Gasteiger partial charge in [0.1, 0.15) is 17.8 Å². The first-order chi connectivity index (χ1) is 21.0. The van der Waals surface area contributed by atoms with Gasteiger partial charge in [0.25, 0.3) is 0 Å². The van der Waals surface area contributed by atoms with Crippen LogP contribution in [0, 0.1) is 0 Å². The highest BCUT2D eigenvalue weighted by molar-refractivity contribution is 5.92. The van der Waals surface area contributed by atoms with Crippen molar-refractivity contribution >= 4 is 41.6 Å². The number of benzene rings is 1.